The zero-order valence-electron chi connectivity index (χ0n) is 11.7. The lowest BCUT2D eigenvalue weighted by Gasteiger charge is -2.54. The van der Waals surface area contributed by atoms with Gasteiger partial charge in [-0.25, -0.2) is 4.98 Å². The zero-order chi connectivity index (χ0) is 13.9. The van der Waals surface area contributed by atoms with Gasteiger partial charge in [0.2, 0.25) is 0 Å². The summed E-state index contributed by atoms with van der Waals surface area (Å²) >= 11 is 0. The Kier molecular flexibility index (Phi) is 2.54. The summed E-state index contributed by atoms with van der Waals surface area (Å²) < 4.78 is 0. The molecule has 0 amide bonds. The van der Waals surface area contributed by atoms with Crippen LogP contribution in [0.4, 0.5) is 0 Å². The number of H-pyrrole nitrogens is 1. The van der Waals surface area contributed by atoms with Crippen LogP contribution in [0.25, 0.3) is 0 Å². The van der Waals surface area contributed by atoms with Gasteiger partial charge in [-0.1, -0.05) is 0 Å². The standard InChI is InChI=1S/C16H19N3O/c1-8-18-15(13(7-17)16(20)19-8)14-11-3-9-2-10(5-11)6-12(14)4-9/h9-12,14H,2-6H2,1H3,(H,18,19,20). The first-order valence-electron chi connectivity index (χ1n) is 7.66. The van der Waals surface area contributed by atoms with Crippen molar-refractivity contribution in [3.05, 3.63) is 27.4 Å². The molecule has 0 aliphatic heterocycles. The predicted octanol–water partition coefficient (Wildman–Crippen LogP) is 2.49. The second kappa shape index (κ2) is 4.18. The molecular formula is C16H19N3O. The van der Waals surface area contributed by atoms with Crippen molar-refractivity contribution in [1.82, 2.24) is 9.97 Å². The van der Waals surface area contributed by atoms with Crippen LogP contribution in [-0.4, -0.2) is 9.97 Å². The highest BCUT2D eigenvalue weighted by molar-refractivity contribution is 5.35. The van der Waals surface area contributed by atoms with Gasteiger partial charge in [0.05, 0.1) is 5.69 Å². The fourth-order valence-corrected chi connectivity index (χ4v) is 5.33. The SMILES string of the molecule is Cc1nc(C2C3CC4CC(C3)CC2C4)c(C#N)c(=O)[nH]1. The lowest BCUT2D eigenvalue weighted by Crippen LogP contribution is -2.44. The van der Waals surface area contributed by atoms with Crippen molar-refractivity contribution in [2.75, 3.05) is 0 Å². The highest BCUT2D eigenvalue weighted by Gasteiger charge is 2.49. The van der Waals surface area contributed by atoms with Gasteiger partial charge in [-0.15, -0.1) is 0 Å². The van der Waals surface area contributed by atoms with Crippen LogP contribution in [0.15, 0.2) is 4.79 Å². The molecular weight excluding hydrogens is 250 g/mol. The second-order valence-corrected chi connectivity index (χ2v) is 6.98. The third-order valence-electron chi connectivity index (χ3n) is 5.72. The summed E-state index contributed by atoms with van der Waals surface area (Å²) in [5, 5.41) is 9.33. The summed E-state index contributed by atoms with van der Waals surface area (Å²) in [4.78, 5) is 19.2. The first kappa shape index (κ1) is 12.1. The number of aromatic nitrogens is 2. The molecule has 0 saturated heterocycles. The molecule has 20 heavy (non-hydrogen) atoms. The minimum Gasteiger partial charge on any atom is -0.310 e. The van der Waals surface area contributed by atoms with Gasteiger partial charge in [-0.3, -0.25) is 4.79 Å². The molecule has 5 rings (SSSR count). The Morgan fingerprint density at radius 1 is 1.15 bits per heavy atom. The molecule has 4 aliphatic rings. The largest absolute Gasteiger partial charge is 0.310 e. The minimum atomic E-state index is -0.260. The van der Waals surface area contributed by atoms with Crippen molar-refractivity contribution in [2.24, 2.45) is 23.7 Å². The molecule has 4 nitrogen and oxygen atoms in total. The van der Waals surface area contributed by atoms with Crippen molar-refractivity contribution in [3.63, 3.8) is 0 Å². The molecule has 4 bridgehead atoms. The number of nitrogens with one attached hydrogen (secondary N) is 1. The van der Waals surface area contributed by atoms with E-state index >= 15 is 0 Å². The van der Waals surface area contributed by atoms with Crippen LogP contribution >= 0.6 is 0 Å². The molecule has 0 unspecified atom stereocenters. The summed E-state index contributed by atoms with van der Waals surface area (Å²) in [6, 6.07) is 2.09. The van der Waals surface area contributed by atoms with Gasteiger partial charge < -0.3 is 4.98 Å². The molecule has 4 saturated carbocycles. The molecule has 1 heterocycles. The Bertz CT molecular complexity index is 627. The quantitative estimate of drug-likeness (QED) is 0.851. The van der Waals surface area contributed by atoms with Gasteiger partial charge in [0, 0.05) is 5.92 Å². The summed E-state index contributed by atoms with van der Waals surface area (Å²) in [6.45, 7) is 1.81. The normalized spacial score (nSPS) is 37.9. The maximum atomic E-state index is 12.0. The molecule has 1 N–H and O–H groups in total. The number of aryl methyl sites for hydroxylation is 1. The van der Waals surface area contributed by atoms with Gasteiger partial charge >= 0.3 is 0 Å². The second-order valence-electron chi connectivity index (χ2n) is 6.98. The average molecular weight is 269 g/mol. The van der Waals surface area contributed by atoms with E-state index < -0.39 is 0 Å². The molecule has 0 radical (unpaired) electrons. The van der Waals surface area contributed by atoms with Crippen molar-refractivity contribution in [1.29, 1.82) is 5.26 Å². The van der Waals surface area contributed by atoms with Gasteiger partial charge in [-0.05, 0) is 62.7 Å². The van der Waals surface area contributed by atoms with Crippen LogP contribution in [-0.2, 0) is 0 Å². The molecule has 0 spiro atoms. The van der Waals surface area contributed by atoms with Crippen LogP contribution < -0.4 is 5.56 Å². The van der Waals surface area contributed by atoms with Crippen LogP contribution in [0.5, 0.6) is 0 Å². The van der Waals surface area contributed by atoms with Crippen LogP contribution in [0.1, 0.15) is 55.1 Å². The highest BCUT2D eigenvalue weighted by atomic mass is 16.1. The number of nitriles is 1. The number of hydrogen-bond donors (Lipinski definition) is 1. The van der Waals surface area contributed by atoms with E-state index in [-0.39, 0.29) is 11.1 Å². The van der Waals surface area contributed by atoms with Crippen LogP contribution in [0.2, 0.25) is 0 Å². The summed E-state index contributed by atoms with van der Waals surface area (Å²) in [7, 11) is 0. The summed E-state index contributed by atoms with van der Waals surface area (Å²) in [6.07, 6.45) is 6.50. The molecule has 0 atom stereocenters. The first-order chi connectivity index (χ1) is 9.65. The number of hydrogen-bond acceptors (Lipinski definition) is 3. The predicted molar refractivity (Wildman–Crippen MR) is 74.1 cm³/mol. The molecule has 0 aromatic carbocycles. The number of nitrogens with zero attached hydrogens (tertiary/aromatic N) is 2. The van der Waals surface area contributed by atoms with Gasteiger partial charge in [0.15, 0.2) is 0 Å². The van der Waals surface area contributed by atoms with E-state index in [9.17, 15) is 10.1 Å². The Morgan fingerprint density at radius 3 is 2.30 bits per heavy atom. The topological polar surface area (TPSA) is 69.5 Å². The van der Waals surface area contributed by atoms with E-state index in [1.165, 1.54) is 32.1 Å². The van der Waals surface area contributed by atoms with Crippen LogP contribution in [0, 0.1) is 41.9 Å². The van der Waals surface area contributed by atoms with E-state index in [2.05, 4.69) is 16.0 Å². The van der Waals surface area contributed by atoms with E-state index in [0.717, 1.165) is 17.5 Å². The molecule has 1 aromatic heterocycles. The van der Waals surface area contributed by atoms with E-state index in [1.54, 1.807) is 0 Å². The average Bonchev–Trinajstić information content (AvgIpc) is 2.36. The van der Waals surface area contributed by atoms with Gasteiger partial charge in [-0.2, -0.15) is 5.26 Å². The first-order valence-corrected chi connectivity index (χ1v) is 7.66. The monoisotopic (exact) mass is 269 g/mol. The zero-order valence-corrected chi connectivity index (χ0v) is 11.7. The molecule has 1 aromatic rings. The van der Waals surface area contributed by atoms with E-state index in [4.69, 9.17) is 0 Å². The Balaban J connectivity index is 1.82. The van der Waals surface area contributed by atoms with Crippen molar-refractivity contribution in [3.8, 4) is 6.07 Å². The van der Waals surface area contributed by atoms with Crippen molar-refractivity contribution in [2.45, 2.75) is 44.9 Å². The molecule has 4 aliphatic carbocycles. The van der Waals surface area contributed by atoms with Crippen molar-refractivity contribution >= 4 is 0 Å². The maximum absolute atomic E-state index is 12.0. The maximum Gasteiger partial charge on any atom is 0.269 e. The number of aromatic amines is 1. The minimum absolute atomic E-state index is 0.257. The fourth-order valence-electron chi connectivity index (χ4n) is 5.33. The van der Waals surface area contributed by atoms with Crippen molar-refractivity contribution < 1.29 is 0 Å². The Morgan fingerprint density at radius 2 is 1.75 bits per heavy atom. The number of rotatable bonds is 1. The smallest absolute Gasteiger partial charge is 0.269 e. The Hall–Kier alpha value is -1.63. The lowest BCUT2D eigenvalue weighted by molar-refractivity contribution is -0.00436. The van der Waals surface area contributed by atoms with E-state index in [0.29, 0.717) is 23.6 Å². The summed E-state index contributed by atoms with van der Waals surface area (Å²) in [5.74, 6) is 4.06. The Labute approximate surface area is 118 Å². The van der Waals surface area contributed by atoms with E-state index in [1.807, 2.05) is 6.92 Å². The van der Waals surface area contributed by atoms with Gasteiger partial charge in [0.1, 0.15) is 17.5 Å². The lowest BCUT2D eigenvalue weighted by atomic mass is 9.51. The third kappa shape index (κ3) is 1.65. The molecule has 4 fully saturated rings. The highest BCUT2D eigenvalue weighted by Crippen LogP contribution is 2.59. The fraction of sp³-hybridized carbons (Fsp3) is 0.688. The molecule has 4 heteroatoms. The van der Waals surface area contributed by atoms with Gasteiger partial charge in [0.25, 0.3) is 5.56 Å². The third-order valence-corrected chi connectivity index (χ3v) is 5.72. The summed E-state index contributed by atoms with van der Waals surface area (Å²) in [5.41, 5.74) is 0.791. The molecule has 104 valence electrons. The van der Waals surface area contributed by atoms with Crippen LogP contribution in [0.3, 0.4) is 0 Å².